The summed E-state index contributed by atoms with van der Waals surface area (Å²) in [5, 5.41) is 0. The van der Waals surface area contributed by atoms with Gasteiger partial charge in [0.15, 0.2) is 0 Å². The molecule has 2 heterocycles. The van der Waals surface area contributed by atoms with Crippen molar-refractivity contribution < 1.29 is 0 Å². The maximum atomic E-state index is 5.94. The highest BCUT2D eigenvalue weighted by atomic mass is 15.2. The maximum Gasteiger partial charge on any atom is 0.0573 e. The van der Waals surface area contributed by atoms with Gasteiger partial charge in [-0.3, -0.25) is 9.88 Å². The maximum absolute atomic E-state index is 5.94. The van der Waals surface area contributed by atoms with E-state index in [9.17, 15) is 0 Å². The Labute approximate surface area is 97.7 Å². The molecule has 1 fully saturated rings. The molecule has 2 atom stereocenters. The van der Waals surface area contributed by atoms with Gasteiger partial charge in [0, 0.05) is 25.3 Å². The Balaban J connectivity index is 1.95. The third-order valence-electron chi connectivity index (χ3n) is 3.54. The molecule has 1 aromatic rings. The van der Waals surface area contributed by atoms with Gasteiger partial charge in [0.1, 0.15) is 0 Å². The van der Waals surface area contributed by atoms with E-state index in [0.29, 0.717) is 12.0 Å². The molecule has 0 aliphatic carbocycles. The first-order valence-corrected chi connectivity index (χ1v) is 6.05. The third kappa shape index (κ3) is 2.60. The van der Waals surface area contributed by atoms with Crippen molar-refractivity contribution in [1.29, 1.82) is 0 Å². The van der Waals surface area contributed by atoms with Crippen LogP contribution in [0.3, 0.4) is 0 Å². The van der Waals surface area contributed by atoms with Crippen molar-refractivity contribution in [2.24, 2.45) is 11.7 Å². The van der Waals surface area contributed by atoms with Crippen LogP contribution in [0.1, 0.15) is 24.6 Å². The molecule has 1 aliphatic heterocycles. The molecule has 3 nitrogen and oxygen atoms in total. The van der Waals surface area contributed by atoms with Crippen molar-refractivity contribution in [3.05, 3.63) is 29.6 Å². The van der Waals surface area contributed by atoms with Crippen LogP contribution >= 0.6 is 0 Å². The molecule has 0 amide bonds. The highest BCUT2D eigenvalue weighted by Gasteiger charge is 2.25. The largest absolute Gasteiger partial charge is 0.328 e. The van der Waals surface area contributed by atoms with Gasteiger partial charge in [-0.1, -0.05) is 6.07 Å². The molecular weight excluding hydrogens is 198 g/mol. The molecule has 1 saturated heterocycles. The van der Waals surface area contributed by atoms with Crippen LogP contribution in [0.15, 0.2) is 18.3 Å². The average Bonchev–Trinajstić information content (AvgIpc) is 2.70. The number of likely N-dealkylation sites (tertiary alicyclic amines) is 1. The van der Waals surface area contributed by atoms with Gasteiger partial charge in [-0.05, 0) is 44.4 Å². The van der Waals surface area contributed by atoms with Crippen molar-refractivity contribution in [3.63, 3.8) is 0 Å². The molecule has 0 aromatic carbocycles. The van der Waals surface area contributed by atoms with Gasteiger partial charge in [-0.2, -0.15) is 0 Å². The Morgan fingerprint density at radius 3 is 3.06 bits per heavy atom. The van der Waals surface area contributed by atoms with Crippen LogP contribution in [-0.2, 0) is 6.54 Å². The molecule has 2 N–H and O–H groups in total. The van der Waals surface area contributed by atoms with Gasteiger partial charge in [-0.15, -0.1) is 0 Å². The molecule has 88 valence electrons. The Hall–Kier alpha value is -0.930. The zero-order chi connectivity index (χ0) is 11.5. The van der Waals surface area contributed by atoms with Gasteiger partial charge in [0.25, 0.3) is 0 Å². The molecule has 0 radical (unpaired) electrons. The van der Waals surface area contributed by atoms with Gasteiger partial charge in [0.2, 0.25) is 0 Å². The molecule has 0 saturated carbocycles. The van der Waals surface area contributed by atoms with Crippen LogP contribution in [0.4, 0.5) is 0 Å². The Kier molecular flexibility index (Phi) is 3.56. The standard InChI is InChI=1S/C13H21N3/c1-10-4-3-6-15-13(10)9-16-7-5-12(8-16)11(2)14/h3-4,6,11-12H,5,7-9,14H2,1-2H3. The van der Waals surface area contributed by atoms with E-state index in [2.05, 4.69) is 29.8 Å². The highest BCUT2D eigenvalue weighted by molar-refractivity contribution is 5.17. The summed E-state index contributed by atoms with van der Waals surface area (Å²) in [5.74, 6) is 0.656. The van der Waals surface area contributed by atoms with Crippen molar-refractivity contribution in [2.75, 3.05) is 13.1 Å². The fraction of sp³-hybridized carbons (Fsp3) is 0.615. The van der Waals surface area contributed by atoms with Gasteiger partial charge >= 0.3 is 0 Å². The van der Waals surface area contributed by atoms with E-state index in [1.807, 2.05) is 12.3 Å². The predicted octanol–water partition coefficient (Wildman–Crippen LogP) is 1.56. The number of aryl methyl sites for hydroxylation is 1. The summed E-state index contributed by atoms with van der Waals surface area (Å²) in [5.41, 5.74) is 8.43. The van der Waals surface area contributed by atoms with E-state index < -0.39 is 0 Å². The lowest BCUT2D eigenvalue weighted by molar-refractivity contribution is 0.304. The predicted molar refractivity (Wildman–Crippen MR) is 66.0 cm³/mol. The summed E-state index contributed by atoms with van der Waals surface area (Å²) in [7, 11) is 0. The number of hydrogen-bond acceptors (Lipinski definition) is 3. The van der Waals surface area contributed by atoms with Crippen LogP contribution in [0.25, 0.3) is 0 Å². The lowest BCUT2D eigenvalue weighted by Crippen LogP contribution is -2.29. The summed E-state index contributed by atoms with van der Waals surface area (Å²) in [6.45, 7) is 7.48. The minimum absolute atomic E-state index is 0.315. The fourth-order valence-corrected chi connectivity index (χ4v) is 2.33. The lowest BCUT2D eigenvalue weighted by atomic mass is 10.0. The molecule has 0 bridgehead atoms. The van der Waals surface area contributed by atoms with Crippen LogP contribution in [-0.4, -0.2) is 29.0 Å². The second kappa shape index (κ2) is 4.93. The normalized spacial score (nSPS) is 23.6. The summed E-state index contributed by atoms with van der Waals surface area (Å²) in [6.07, 6.45) is 3.10. The van der Waals surface area contributed by atoms with E-state index in [0.717, 1.165) is 19.6 Å². The van der Waals surface area contributed by atoms with Crippen molar-refractivity contribution in [1.82, 2.24) is 9.88 Å². The topological polar surface area (TPSA) is 42.2 Å². The second-order valence-corrected chi connectivity index (χ2v) is 4.91. The zero-order valence-corrected chi connectivity index (χ0v) is 10.2. The van der Waals surface area contributed by atoms with Gasteiger partial charge < -0.3 is 5.73 Å². The average molecular weight is 219 g/mol. The number of aromatic nitrogens is 1. The van der Waals surface area contributed by atoms with E-state index >= 15 is 0 Å². The molecule has 2 unspecified atom stereocenters. The van der Waals surface area contributed by atoms with Gasteiger partial charge in [-0.25, -0.2) is 0 Å². The van der Waals surface area contributed by atoms with Crippen LogP contribution in [0, 0.1) is 12.8 Å². The minimum Gasteiger partial charge on any atom is -0.328 e. The first-order chi connectivity index (χ1) is 7.66. The summed E-state index contributed by atoms with van der Waals surface area (Å²) in [6, 6.07) is 4.43. The SMILES string of the molecule is Cc1cccnc1CN1CCC(C(C)N)C1. The molecule has 2 rings (SSSR count). The Morgan fingerprint density at radius 1 is 1.62 bits per heavy atom. The van der Waals surface area contributed by atoms with Gasteiger partial charge in [0.05, 0.1) is 5.69 Å². The quantitative estimate of drug-likeness (QED) is 0.839. The molecule has 3 heteroatoms. The van der Waals surface area contributed by atoms with E-state index in [1.54, 1.807) is 0 Å². The van der Waals surface area contributed by atoms with Crippen molar-refractivity contribution in [2.45, 2.75) is 32.9 Å². The number of rotatable bonds is 3. The number of nitrogens with two attached hydrogens (primary N) is 1. The van der Waals surface area contributed by atoms with E-state index in [-0.39, 0.29) is 0 Å². The van der Waals surface area contributed by atoms with Crippen LogP contribution in [0.2, 0.25) is 0 Å². The molecule has 0 spiro atoms. The smallest absolute Gasteiger partial charge is 0.0573 e. The summed E-state index contributed by atoms with van der Waals surface area (Å²) >= 11 is 0. The van der Waals surface area contributed by atoms with Crippen LogP contribution < -0.4 is 5.73 Å². The summed E-state index contributed by atoms with van der Waals surface area (Å²) < 4.78 is 0. The molecule has 16 heavy (non-hydrogen) atoms. The first-order valence-electron chi connectivity index (χ1n) is 6.05. The van der Waals surface area contributed by atoms with E-state index in [4.69, 9.17) is 5.73 Å². The summed E-state index contributed by atoms with van der Waals surface area (Å²) in [4.78, 5) is 6.90. The second-order valence-electron chi connectivity index (χ2n) is 4.91. The molecule has 1 aliphatic rings. The minimum atomic E-state index is 0.315. The lowest BCUT2D eigenvalue weighted by Gasteiger charge is -2.18. The molecular formula is C13H21N3. The molecule has 1 aromatic heterocycles. The zero-order valence-electron chi connectivity index (χ0n) is 10.2. The van der Waals surface area contributed by atoms with Crippen molar-refractivity contribution in [3.8, 4) is 0 Å². The Morgan fingerprint density at radius 2 is 2.44 bits per heavy atom. The third-order valence-corrected chi connectivity index (χ3v) is 3.54. The Bertz CT molecular complexity index is 349. The number of pyridine rings is 1. The number of hydrogen-bond donors (Lipinski definition) is 1. The van der Waals surface area contributed by atoms with Crippen LogP contribution in [0.5, 0.6) is 0 Å². The highest BCUT2D eigenvalue weighted by Crippen LogP contribution is 2.20. The monoisotopic (exact) mass is 219 g/mol. The number of nitrogens with zero attached hydrogens (tertiary/aromatic N) is 2. The van der Waals surface area contributed by atoms with Crippen molar-refractivity contribution >= 4 is 0 Å². The first kappa shape index (κ1) is 11.6. The van der Waals surface area contributed by atoms with E-state index in [1.165, 1.54) is 17.7 Å². The fourth-order valence-electron chi connectivity index (χ4n) is 2.33.